The third kappa shape index (κ3) is 3.28. The van der Waals surface area contributed by atoms with Crippen molar-refractivity contribution in [1.29, 1.82) is 0 Å². The summed E-state index contributed by atoms with van der Waals surface area (Å²) in [5.74, 6) is 5.95. The van der Waals surface area contributed by atoms with Crippen LogP contribution in [0, 0.1) is 11.8 Å². The SMILES string of the molecule is CC#CCNC(CC)(CC)CC. The average molecular weight is 167 g/mol. The minimum Gasteiger partial charge on any atom is -0.301 e. The fraction of sp³-hybridized carbons (Fsp3) is 0.818. The highest BCUT2D eigenvalue weighted by Crippen LogP contribution is 2.18. The van der Waals surface area contributed by atoms with Crippen LogP contribution in [0.15, 0.2) is 0 Å². The lowest BCUT2D eigenvalue weighted by Gasteiger charge is -2.31. The molecular weight excluding hydrogens is 146 g/mol. The smallest absolute Gasteiger partial charge is 0.0580 e. The van der Waals surface area contributed by atoms with Gasteiger partial charge in [-0.05, 0) is 26.2 Å². The van der Waals surface area contributed by atoms with Gasteiger partial charge < -0.3 is 5.32 Å². The van der Waals surface area contributed by atoms with Gasteiger partial charge in [0.2, 0.25) is 0 Å². The second-order valence-electron chi connectivity index (χ2n) is 3.12. The van der Waals surface area contributed by atoms with Crippen molar-refractivity contribution in [2.75, 3.05) is 6.54 Å². The molecule has 12 heavy (non-hydrogen) atoms. The van der Waals surface area contributed by atoms with Crippen LogP contribution in [0.5, 0.6) is 0 Å². The summed E-state index contributed by atoms with van der Waals surface area (Å²) >= 11 is 0. The summed E-state index contributed by atoms with van der Waals surface area (Å²) in [5.41, 5.74) is 0.323. The Morgan fingerprint density at radius 1 is 1.08 bits per heavy atom. The maximum atomic E-state index is 3.51. The molecule has 0 rings (SSSR count). The van der Waals surface area contributed by atoms with Crippen molar-refractivity contribution in [2.45, 2.75) is 52.5 Å². The summed E-state index contributed by atoms with van der Waals surface area (Å²) in [6.07, 6.45) is 3.56. The van der Waals surface area contributed by atoms with Crippen molar-refractivity contribution in [1.82, 2.24) is 5.32 Å². The lowest BCUT2D eigenvalue weighted by atomic mass is 9.90. The Labute approximate surface area is 76.9 Å². The molecule has 70 valence electrons. The van der Waals surface area contributed by atoms with Gasteiger partial charge in [-0.1, -0.05) is 26.7 Å². The van der Waals surface area contributed by atoms with E-state index in [0.717, 1.165) is 6.54 Å². The lowest BCUT2D eigenvalue weighted by Crippen LogP contribution is -2.43. The molecule has 0 aromatic carbocycles. The van der Waals surface area contributed by atoms with Crippen LogP contribution in [0.2, 0.25) is 0 Å². The van der Waals surface area contributed by atoms with Gasteiger partial charge in [0.1, 0.15) is 0 Å². The molecule has 1 heteroatoms. The van der Waals surface area contributed by atoms with Gasteiger partial charge in [-0.2, -0.15) is 0 Å². The van der Waals surface area contributed by atoms with Gasteiger partial charge in [0.25, 0.3) is 0 Å². The second-order valence-corrected chi connectivity index (χ2v) is 3.12. The zero-order chi connectivity index (χ0) is 9.45. The normalized spacial score (nSPS) is 10.7. The first-order chi connectivity index (χ1) is 5.74. The van der Waals surface area contributed by atoms with Crippen LogP contribution in [0.3, 0.4) is 0 Å². The quantitative estimate of drug-likeness (QED) is 0.621. The Kier molecular flexibility index (Phi) is 5.84. The zero-order valence-electron chi connectivity index (χ0n) is 8.83. The molecule has 0 atom stereocenters. The van der Waals surface area contributed by atoms with Crippen molar-refractivity contribution in [3.05, 3.63) is 0 Å². The van der Waals surface area contributed by atoms with Crippen LogP contribution in [-0.2, 0) is 0 Å². The van der Waals surface area contributed by atoms with E-state index in [2.05, 4.69) is 37.9 Å². The van der Waals surface area contributed by atoms with Crippen LogP contribution in [0.4, 0.5) is 0 Å². The van der Waals surface area contributed by atoms with E-state index in [9.17, 15) is 0 Å². The Morgan fingerprint density at radius 3 is 1.92 bits per heavy atom. The molecule has 0 aromatic rings. The van der Waals surface area contributed by atoms with Crippen LogP contribution in [-0.4, -0.2) is 12.1 Å². The van der Waals surface area contributed by atoms with E-state index in [1.807, 2.05) is 6.92 Å². The molecule has 0 aliphatic heterocycles. The Balaban J connectivity index is 3.98. The highest BCUT2D eigenvalue weighted by Gasteiger charge is 2.21. The van der Waals surface area contributed by atoms with Gasteiger partial charge in [0, 0.05) is 5.54 Å². The molecule has 0 saturated carbocycles. The third-order valence-corrected chi connectivity index (χ3v) is 2.76. The maximum absolute atomic E-state index is 3.51. The van der Waals surface area contributed by atoms with Gasteiger partial charge >= 0.3 is 0 Å². The highest BCUT2D eigenvalue weighted by atomic mass is 15.0. The highest BCUT2D eigenvalue weighted by molar-refractivity contribution is 4.99. The molecule has 0 fully saturated rings. The molecule has 0 unspecified atom stereocenters. The predicted octanol–water partition coefficient (Wildman–Crippen LogP) is 2.57. The summed E-state index contributed by atoms with van der Waals surface area (Å²) in [7, 11) is 0. The average Bonchev–Trinajstić information content (AvgIpc) is 2.14. The molecule has 1 nitrogen and oxygen atoms in total. The fourth-order valence-corrected chi connectivity index (χ4v) is 1.45. The van der Waals surface area contributed by atoms with Crippen molar-refractivity contribution in [3.63, 3.8) is 0 Å². The van der Waals surface area contributed by atoms with E-state index in [4.69, 9.17) is 0 Å². The van der Waals surface area contributed by atoms with Crippen LogP contribution in [0.25, 0.3) is 0 Å². The minimum atomic E-state index is 0.323. The number of nitrogens with one attached hydrogen (secondary N) is 1. The van der Waals surface area contributed by atoms with Gasteiger partial charge in [-0.15, -0.1) is 5.92 Å². The third-order valence-electron chi connectivity index (χ3n) is 2.76. The molecule has 0 radical (unpaired) electrons. The van der Waals surface area contributed by atoms with E-state index in [1.165, 1.54) is 19.3 Å². The molecule has 1 N–H and O–H groups in total. The fourth-order valence-electron chi connectivity index (χ4n) is 1.45. The standard InChI is InChI=1S/C11H21N/c1-5-9-10-12-11(6-2,7-3)8-4/h12H,6-8,10H2,1-4H3. The molecule has 0 aliphatic rings. The van der Waals surface area contributed by atoms with Crippen molar-refractivity contribution < 1.29 is 0 Å². The minimum absolute atomic E-state index is 0.323. The monoisotopic (exact) mass is 167 g/mol. The largest absolute Gasteiger partial charge is 0.301 e. The number of hydrogen-bond acceptors (Lipinski definition) is 1. The Hall–Kier alpha value is -0.480. The summed E-state index contributed by atoms with van der Waals surface area (Å²) in [6, 6.07) is 0. The van der Waals surface area contributed by atoms with Gasteiger partial charge in [0.05, 0.1) is 6.54 Å². The van der Waals surface area contributed by atoms with E-state index >= 15 is 0 Å². The Bertz CT molecular complexity index is 149. The van der Waals surface area contributed by atoms with E-state index < -0.39 is 0 Å². The lowest BCUT2D eigenvalue weighted by molar-refractivity contribution is 0.304. The zero-order valence-corrected chi connectivity index (χ0v) is 8.83. The number of hydrogen-bond donors (Lipinski definition) is 1. The molecule has 0 aromatic heterocycles. The first-order valence-corrected chi connectivity index (χ1v) is 4.89. The van der Waals surface area contributed by atoms with Crippen molar-refractivity contribution in [3.8, 4) is 11.8 Å². The molecule has 0 spiro atoms. The van der Waals surface area contributed by atoms with E-state index in [1.54, 1.807) is 0 Å². The molecule has 0 heterocycles. The van der Waals surface area contributed by atoms with Crippen LogP contribution in [0.1, 0.15) is 47.0 Å². The van der Waals surface area contributed by atoms with Crippen LogP contribution >= 0.6 is 0 Å². The first-order valence-electron chi connectivity index (χ1n) is 4.89. The molecule has 0 saturated heterocycles. The molecular formula is C11H21N. The predicted molar refractivity (Wildman–Crippen MR) is 55.1 cm³/mol. The summed E-state index contributed by atoms with van der Waals surface area (Å²) in [6.45, 7) is 9.41. The van der Waals surface area contributed by atoms with Crippen molar-refractivity contribution >= 4 is 0 Å². The summed E-state index contributed by atoms with van der Waals surface area (Å²) < 4.78 is 0. The summed E-state index contributed by atoms with van der Waals surface area (Å²) in [4.78, 5) is 0. The first kappa shape index (κ1) is 11.5. The van der Waals surface area contributed by atoms with Gasteiger partial charge in [-0.25, -0.2) is 0 Å². The van der Waals surface area contributed by atoms with E-state index in [0.29, 0.717) is 5.54 Å². The van der Waals surface area contributed by atoms with Crippen molar-refractivity contribution in [2.24, 2.45) is 0 Å². The second kappa shape index (κ2) is 6.08. The van der Waals surface area contributed by atoms with Crippen LogP contribution < -0.4 is 5.32 Å². The topological polar surface area (TPSA) is 12.0 Å². The van der Waals surface area contributed by atoms with E-state index in [-0.39, 0.29) is 0 Å². The Morgan fingerprint density at radius 2 is 1.58 bits per heavy atom. The number of rotatable bonds is 5. The molecule has 0 aliphatic carbocycles. The maximum Gasteiger partial charge on any atom is 0.0580 e. The molecule has 0 bridgehead atoms. The summed E-state index contributed by atoms with van der Waals surface area (Å²) in [5, 5.41) is 3.51. The molecule has 0 amide bonds. The van der Waals surface area contributed by atoms with Gasteiger partial charge in [-0.3, -0.25) is 0 Å². The van der Waals surface area contributed by atoms with Gasteiger partial charge in [0.15, 0.2) is 0 Å².